The minimum Gasteiger partial charge on any atom is -0.387 e. The first kappa shape index (κ1) is 15.3. The number of likely N-dealkylation sites (tertiary alicyclic amines) is 1. The number of hydrogen-bond donors (Lipinski definition) is 0. The van der Waals surface area contributed by atoms with Crippen LogP contribution in [0.2, 0.25) is 0 Å². The molecule has 0 spiro atoms. The minimum atomic E-state index is -0.159. The van der Waals surface area contributed by atoms with Crippen molar-refractivity contribution in [3.63, 3.8) is 0 Å². The lowest BCUT2D eigenvalue weighted by Crippen LogP contribution is -2.42. The molecule has 2 aliphatic heterocycles. The molecule has 2 aliphatic rings. The van der Waals surface area contributed by atoms with Crippen molar-refractivity contribution in [3.8, 4) is 0 Å². The van der Waals surface area contributed by atoms with Crippen molar-refractivity contribution < 1.29 is 9.63 Å². The first-order valence-electron chi connectivity index (χ1n) is 8.31. The van der Waals surface area contributed by atoms with Crippen LogP contribution in [0.1, 0.15) is 48.4 Å². The molecule has 124 valence electrons. The molecule has 3 heterocycles. The molecule has 6 heteroatoms. The predicted octanol–water partition coefficient (Wildman–Crippen LogP) is 3.71. The molecule has 2 aromatic rings. The Kier molecular flexibility index (Phi) is 4.30. The summed E-state index contributed by atoms with van der Waals surface area (Å²) in [6.45, 7) is 0.762. The maximum Gasteiger partial charge on any atom is 0.272 e. The van der Waals surface area contributed by atoms with Crippen molar-refractivity contribution in [1.29, 1.82) is 0 Å². The highest BCUT2D eigenvalue weighted by atomic mass is 32.1. The van der Waals surface area contributed by atoms with E-state index in [1.807, 2.05) is 40.6 Å². The number of rotatable bonds is 3. The fourth-order valence-corrected chi connectivity index (χ4v) is 4.13. The van der Waals surface area contributed by atoms with Gasteiger partial charge in [0.25, 0.3) is 5.91 Å². The van der Waals surface area contributed by atoms with E-state index in [0.29, 0.717) is 12.1 Å². The van der Waals surface area contributed by atoms with E-state index in [-0.39, 0.29) is 18.1 Å². The van der Waals surface area contributed by atoms with Crippen LogP contribution < -0.4 is 0 Å². The molecule has 4 rings (SSSR count). The van der Waals surface area contributed by atoms with Gasteiger partial charge in [-0.25, -0.2) is 4.98 Å². The molecule has 0 saturated carbocycles. The van der Waals surface area contributed by atoms with Gasteiger partial charge in [-0.3, -0.25) is 4.79 Å². The minimum absolute atomic E-state index is 0.00617. The van der Waals surface area contributed by atoms with E-state index < -0.39 is 0 Å². The second-order valence-electron chi connectivity index (χ2n) is 6.13. The standard InChI is InChI=1S/C18H19N3O2S/c22-18(14-12-16(23-20-14)13-6-2-1-3-7-13)21-10-5-4-8-15(21)17-19-9-11-24-17/h1-3,6-7,9,11,15-16H,4-5,8,10,12H2. The maximum absolute atomic E-state index is 13.0. The molecule has 0 radical (unpaired) electrons. The van der Waals surface area contributed by atoms with Crippen LogP contribution >= 0.6 is 11.3 Å². The Balaban J connectivity index is 1.49. The zero-order valence-corrected chi connectivity index (χ0v) is 14.1. The largest absolute Gasteiger partial charge is 0.387 e. The third-order valence-electron chi connectivity index (χ3n) is 4.59. The van der Waals surface area contributed by atoms with Crippen LogP contribution in [-0.4, -0.2) is 28.0 Å². The molecule has 24 heavy (non-hydrogen) atoms. The monoisotopic (exact) mass is 341 g/mol. The van der Waals surface area contributed by atoms with E-state index in [9.17, 15) is 4.79 Å². The molecule has 0 aliphatic carbocycles. The first-order valence-corrected chi connectivity index (χ1v) is 9.19. The van der Waals surface area contributed by atoms with Gasteiger partial charge in [0, 0.05) is 24.5 Å². The Morgan fingerprint density at radius 1 is 1.25 bits per heavy atom. The molecule has 5 nitrogen and oxygen atoms in total. The van der Waals surface area contributed by atoms with Gasteiger partial charge < -0.3 is 9.74 Å². The molecular formula is C18H19N3O2S. The van der Waals surface area contributed by atoms with Gasteiger partial charge in [-0.2, -0.15) is 0 Å². The first-order chi connectivity index (χ1) is 11.8. The summed E-state index contributed by atoms with van der Waals surface area (Å²) >= 11 is 1.61. The lowest BCUT2D eigenvalue weighted by Gasteiger charge is -2.34. The number of amides is 1. The van der Waals surface area contributed by atoms with Gasteiger partial charge in [0.1, 0.15) is 10.7 Å². The summed E-state index contributed by atoms with van der Waals surface area (Å²) in [7, 11) is 0. The molecule has 1 aromatic heterocycles. The van der Waals surface area contributed by atoms with Gasteiger partial charge in [0.05, 0.1) is 6.04 Å². The number of thiazole rings is 1. The average Bonchev–Trinajstić information content (AvgIpc) is 3.34. The molecule has 0 N–H and O–H groups in total. The van der Waals surface area contributed by atoms with Crippen molar-refractivity contribution in [2.24, 2.45) is 5.16 Å². The Morgan fingerprint density at radius 2 is 2.12 bits per heavy atom. The van der Waals surface area contributed by atoms with Crippen molar-refractivity contribution >= 4 is 23.0 Å². The second kappa shape index (κ2) is 6.73. The number of benzene rings is 1. The molecule has 2 atom stereocenters. The summed E-state index contributed by atoms with van der Waals surface area (Å²) in [6, 6.07) is 10.0. The molecule has 1 amide bonds. The lowest BCUT2D eigenvalue weighted by atomic mass is 10.00. The van der Waals surface area contributed by atoms with Gasteiger partial charge in [0.2, 0.25) is 0 Å². The molecule has 0 bridgehead atoms. The van der Waals surface area contributed by atoms with Gasteiger partial charge in [-0.05, 0) is 24.8 Å². The fourth-order valence-electron chi connectivity index (χ4n) is 3.35. The maximum atomic E-state index is 13.0. The number of hydrogen-bond acceptors (Lipinski definition) is 5. The van der Waals surface area contributed by atoms with Crippen LogP contribution in [0.15, 0.2) is 47.1 Å². The highest BCUT2D eigenvalue weighted by molar-refractivity contribution is 7.09. The Bertz CT molecular complexity index is 730. The molecule has 1 fully saturated rings. The average molecular weight is 341 g/mol. The van der Waals surface area contributed by atoms with Crippen molar-refractivity contribution in [2.75, 3.05) is 6.54 Å². The normalized spacial score (nSPS) is 23.7. The summed E-state index contributed by atoms with van der Waals surface area (Å²) in [5.41, 5.74) is 1.58. The van der Waals surface area contributed by atoms with E-state index >= 15 is 0 Å². The van der Waals surface area contributed by atoms with Crippen molar-refractivity contribution in [2.45, 2.75) is 37.8 Å². The van der Waals surface area contributed by atoms with E-state index in [0.717, 1.165) is 36.4 Å². The SMILES string of the molecule is O=C(C1=NOC(c2ccccc2)C1)N1CCCCC1c1nccs1. The zero-order chi connectivity index (χ0) is 16.4. The van der Waals surface area contributed by atoms with Gasteiger partial charge in [0.15, 0.2) is 6.10 Å². The Hall–Kier alpha value is -2.21. The summed E-state index contributed by atoms with van der Waals surface area (Å²) < 4.78 is 0. The number of nitrogens with zero attached hydrogens (tertiary/aromatic N) is 3. The third-order valence-corrected chi connectivity index (χ3v) is 5.46. The van der Waals surface area contributed by atoms with Gasteiger partial charge in [-0.15, -0.1) is 11.3 Å². The van der Waals surface area contributed by atoms with E-state index in [1.54, 1.807) is 17.5 Å². The summed E-state index contributed by atoms with van der Waals surface area (Å²) in [4.78, 5) is 24.8. The van der Waals surface area contributed by atoms with Crippen LogP contribution in [0.5, 0.6) is 0 Å². The third kappa shape index (κ3) is 2.94. The molecule has 1 saturated heterocycles. The molecule has 1 aromatic carbocycles. The second-order valence-corrected chi connectivity index (χ2v) is 7.05. The van der Waals surface area contributed by atoms with Crippen molar-refractivity contribution in [1.82, 2.24) is 9.88 Å². The summed E-state index contributed by atoms with van der Waals surface area (Å²) in [6.07, 6.45) is 5.31. The smallest absolute Gasteiger partial charge is 0.272 e. The topological polar surface area (TPSA) is 54.8 Å². The van der Waals surface area contributed by atoms with Crippen LogP contribution in [0.25, 0.3) is 0 Å². The van der Waals surface area contributed by atoms with E-state index in [4.69, 9.17) is 4.84 Å². The number of aromatic nitrogens is 1. The van der Waals surface area contributed by atoms with Crippen LogP contribution in [0.3, 0.4) is 0 Å². The lowest BCUT2D eigenvalue weighted by molar-refractivity contribution is -0.127. The predicted molar refractivity (Wildman–Crippen MR) is 92.7 cm³/mol. The van der Waals surface area contributed by atoms with Crippen LogP contribution in [0.4, 0.5) is 0 Å². The Labute approximate surface area is 145 Å². The number of carbonyl (C=O) groups excluding carboxylic acids is 1. The van der Waals surface area contributed by atoms with Crippen LogP contribution in [0, 0.1) is 0 Å². The zero-order valence-electron chi connectivity index (χ0n) is 13.3. The van der Waals surface area contributed by atoms with Gasteiger partial charge in [-0.1, -0.05) is 35.5 Å². The highest BCUT2D eigenvalue weighted by Gasteiger charge is 2.35. The number of carbonyl (C=O) groups is 1. The fraction of sp³-hybridized carbons (Fsp3) is 0.389. The summed E-state index contributed by atoms with van der Waals surface area (Å²) in [5.74, 6) is -0.00617. The molecular weight excluding hydrogens is 322 g/mol. The number of oxime groups is 1. The van der Waals surface area contributed by atoms with E-state index in [2.05, 4.69) is 10.1 Å². The Morgan fingerprint density at radius 3 is 2.92 bits per heavy atom. The van der Waals surface area contributed by atoms with Crippen molar-refractivity contribution in [3.05, 3.63) is 52.5 Å². The molecule has 2 unspecified atom stereocenters. The number of piperidine rings is 1. The quantitative estimate of drug-likeness (QED) is 0.855. The van der Waals surface area contributed by atoms with E-state index in [1.165, 1.54) is 0 Å². The summed E-state index contributed by atoms with van der Waals surface area (Å²) in [5, 5.41) is 7.08. The van der Waals surface area contributed by atoms with Gasteiger partial charge >= 0.3 is 0 Å². The highest BCUT2D eigenvalue weighted by Crippen LogP contribution is 2.34. The van der Waals surface area contributed by atoms with Crippen LogP contribution in [-0.2, 0) is 9.63 Å².